The van der Waals surface area contributed by atoms with Crippen molar-refractivity contribution in [1.82, 2.24) is 9.55 Å². The number of allylic oxidation sites excluding steroid dienone is 4. The van der Waals surface area contributed by atoms with E-state index in [1.54, 1.807) is 23.9 Å². The third kappa shape index (κ3) is 5.79. The number of aromatic nitrogens is 2. The highest BCUT2D eigenvalue weighted by molar-refractivity contribution is 6.37. The van der Waals surface area contributed by atoms with Crippen molar-refractivity contribution in [3.63, 3.8) is 0 Å². The fourth-order valence-corrected chi connectivity index (χ4v) is 4.39. The van der Waals surface area contributed by atoms with Crippen LogP contribution in [0.4, 0.5) is 0 Å². The van der Waals surface area contributed by atoms with Crippen LogP contribution in [0.2, 0.25) is 0 Å². The number of aliphatic carboxylic acids is 1. The first-order valence-corrected chi connectivity index (χ1v) is 11.7. The highest BCUT2D eigenvalue weighted by Gasteiger charge is 2.17. The van der Waals surface area contributed by atoms with E-state index in [9.17, 15) is 9.90 Å². The molecule has 1 aliphatic rings. The minimum atomic E-state index is -0.945. The summed E-state index contributed by atoms with van der Waals surface area (Å²) in [4.78, 5) is 16.1. The molecule has 2 aromatic carbocycles. The quantitative estimate of drug-likeness (QED) is 0.370. The maximum Gasteiger partial charge on any atom is 0.323 e. The van der Waals surface area contributed by atoms with Gasteiger partial charge < -0.3 is 14.4 Å². The summed E-state index contributed by atoms with van der Waals surface area (Å²) < 4.78 is 6.82. The molecule has 1 atom stereocenters. The molecule has 1 N–H and O–H groups in total. The largest absolute Gasteiger partial charge is 0.497 e. The standard InChI is InChI=1S/C27H24Cl2N2O3/c1-34-22-12-10-20(11-13-22)19-8-5-18(6-9-19)7-14-26-30-25(16-31(26)17-27(32)33)23-4-2-3-21(28)15-24(23)29/h4-16,21H,2-3,17H2,1H3,(H,32,33)/b14-7+. The number of carboxylic acids is 1. The first-order valence-electron chi connectivity index (χ1n) is 10.9. The van der Waals surface area contributed by atoms with E-state index in [2.05, 4.69) is 4.98 Å². The van der Waals surface area contributed by atoms with Crippen LogP contribution in [0.5, 0.6) is 5.75 Å². The van der Waals surface area contributed by atoms with Crippen LogP contribution in [0, 0.1) is 0 Å². The number of benzene rings is 2. The molecular weight excluding hydrogens is 471 g/mol. The number of halogens is 2. The zero-order chi connectivity index (χ0) is 24.1. The fourth-order valence-electron chi connectivity index (χ4n) is 3.75. The molecule has 0 aliphatic heterocycles. The Morgan fingerprint density at radius 3 is 2.47 bits per heavy atom. The SMILES string of the molecule is COc1ccc(-c2ccc(/C=C/c3nc(C4=CCCC(Cl)C=C4Cl)cn3CC(=O)O)cc2)cc1. The summed E-state index contributed by atoms with van der Waals surface area (Å²) in [6.45, 7) is -0.199. The number of imidazole rings is 1. The number of ether oxygens (including phenoxy) is 1. The second-order valence-corrected chi connectivity index (χ2v) is 8.88. The zero-order valence-electron chi connectivity index (χ0n) is 18.6. The summed E-state index contributed by atoms with van der Waals surface area (Å²) >= 11 is 12.7. The second kappa shape index (κ2) is 10.8. The van der Waals surface area contributed by atoms with Crippen LogP contribution < -0.4 is 4.74 Å². The van der Waals surface area contributed by atoms with Crippen molar-refractivity contribution in [2.75, 3.05) is 7.11 Å². The van der Waals surface area contributed by atoms with Gasteiger partial charge in [0, 0.05) is 16.8 Å². The van der Waals surface area contributed by atoms with Gasteiger partial charge >= 0.3 is 5.97 Å². The smallest absolute Gasteiger partial charge is 0.323 e. The van der Waals surface area contributed by atoms with Gasteiger partial charge in [-0.3, -0.25) is 4.79 Å². The zero-order valence-corrected chi connectivity index (χ0v) is 20.1. The molecule has 0 amide bonds. The van der Waals surface area contributed by atoms with E-state index in [-0.39, 0.29) is 11.9 Å². The molecule has 1 aliphatic carbocycles. The molecule has 3 aromatic rings. The van der Waals surface area contributed by atoms with E-state index in [0.717, 1.165) is 40.9 Å². The van der Waals surface area contributed by atoms with Crippen molar-refractivity contribution < 1.29 is 14.6 Å². The number of carbonyl (C=O) groups is 1. The minimum Gasteiger partial charge on any atom is -0.497 e. The summed E-state index contributed by atoms with van der Waals surface area (Å²) in [5.74, 6) is 0.409. The molecule has 4 rings (SSSR count). The Morgan fingerprint density at radius 2 is 1.82 bits per heavy atom. The Hall–Kier alpha value is -3.28. The Kier molecular flexibility index (Phi) is 7.56. The first kappa shape index (κ1) is 23.9. The molecule has 5 nitrogen and oxygen atoms in total. The van der Waals surface area contributed by atoms with Crippen LogP contribution in [0.1, 0.15) is 29.9 Å². The molecule has 0 spiro atoms. The average molecular weight is 495 g/mol. The summed E-state index contributed by atoms with van der Waals surface area (Å²) in [5, 5.41) is 9.74. The lowest BCUT2D eigenvalue weighted by Crippen LogP contribution is -2.09. The third-order valence-electron chi connectivity index (χ3n) is 5.52. The Bertz CT molecular complexity index is 1260. The highest BCUT2D eigenvalue weighted by Crippen LogP contribution is 2.31. The Morgan fingerprint density at radius 1 is 1.15 bits per heavy atom. The van der Waals surface area contributed by atoms with Crippen LogP contribution in [-0.4, -0.2) is 33.1 Å². The molecule has 174 valence electrons. The lowest BCUT2D eigenvalue weighted by atomic mass is 10.0. The number of nitrogens with zero attached hydrogens (tertiary/aromatic N) is 2. The first-order chi connectivity index (χ1) is 16.4. The van der Waals surface area contributed by atoms with Gasteiger partial charge in [0.15, 0.2) is 0 Å². The van der Waals surface area contributed by atoms with Crippen molar-refractivity contribution in [3.05, 3.63) is 89.0 Å². The Labute approximate surface area is 208 Å². The lowest BCUT2D eigenvalue weighted by Gasteiger charge is -2.04. The van der Waals surface area contributed by atoms with Gasteiger partial charge in [0.25, 0.3) is 0 Å². The van der Waals surface area contributed by atoms with Gasteiger partial charge in [-0.05, 0) is 53.8 Å². The molecule has 0 fully saturated rings. The van der Waals surface area contributed by atoms with Crippen molar-refractivity contribution in [2.45, 2.75) is 24.8 Å². The number of alkyl halides is 1. The van der Waals surface area contributed by atoms with Crippen LogP contribution in [-0.2, 0) is 11.3 Å². The number of hydrogen-bond donors (Lipinski definition) is 1. The average Bonchev–Trinajstić information content (AvgIpc) is 3.13. The predicted octanol–water partition coefficient (Wildman–Crippen LogP) is 6.72. The molecule has 0 saturated carbocycles. The van der Waals surface area contributed by atoms with E-state index in [4.69, 9.17) is 27.9 Å². The fraction of sp³-hybridized carbons (Fsp3) is 0.185. The monoisotopic (exact) mass is 494 g/mol. The van der Waals surface area contributed by atoms with Crippen LogP contribution in [0.25, 0.3) is 28.9 Å². The summed E-state index contributed by atoms with van der Waals surface area (Å²) in [6, 6.07) is 16.0. The van der Waals surface area contributed by atoms with Gasteiger partial charge in [0.1, 0.15) is 18.1 Å². The van der Waals surface area contributed by atoms with Crippen LogP contribution >= 0.6 is 23.2 Å². The molecule has 0 saturated heterocycles. The number of methoxy groups -OCH3 is 1. The minimum absolute atomic E-state index is 0.136. The number of rotatable bonds is 7. The van der Waals surface area contributed by atoms with Gasteiger partial charge in [-0.25, -0.2) is 4.98 Å². The summed E-state index contributed by atoms with van der Waals surface area (Å²) in [5.41, 5.74) is 4.56. The van der Waals surface area contributed by atoms with Gasteiger partial charge in [-0.2, -0.15) is 0 Å². The van der Waals surface area contributed by atoms with Crippen molar-refractivity contribution in [2.24, 2.45) is 0 Å². The summed E-state index contributed by atoms with van der Waals surface area (Å²) in [6.07, 6.45) is 10.8. The predicted molar refractivity (Wildman–Crippen MR) is 138 cm³/mol. The van der Waals surface area contributed by atoms with E-state index in [1.165, 1.54) is 0 Å². The van der Waals surface area contributed by atoms with E-state index in [1.807, 2.05) is 66.8 Å². The molecular formula is C27H24Cl2N2O3. The molecule has 0 radical (unpaired) electrons. The highest BCUT2D eigenvalue weighted by atomic mass is 35.5. The van der Waals surface area contributed by atoms with Crippen molar-refractivity contribution in [3.8, 4) is 16.9 Å². The van der Waals surface area contributed by atoms with Gasteiger partial charge in [0.2, 0.25) is 0 Å². The molecule has 7 heteroatoms. The van der Waals surface area contributed by atoms with E-state index >= 15 is 0 Å². The molecule has 0 bridgehead atoms. The second-order valence-electron chi connectivity index (χ2n) is 7.92. The summed E-state index contributed by atoms with van der Waals surface area (Å²) in [7, 11) is 1.65. The topological polar surface area (TPSA) is 64.4 Å². The normalized spacial score (nSPS) is 16.1. The molecule has 1 heterocycles. The number of carboxylic acid groups (broad SMARTS) is 1. The van der Waals surface area contributed by atoms with Crippen molar-refractivity contribution >= 4 is 46.9 Å². The molecule has 1 aromatic heterocycles. The van der Waals surface area contributed by atoms with Crippen molar-refractivity contribution in [1.29, 1.82) is 0 Å². The Balaban J connectivity index is 1.58. The van der Waals surface area contributed by atoms with Crippen LogP contribution in [0.3, 0.4) is 0 Å². The van der Waals surface area contributed by atoms with Gasteiger partial charge in [-0.15, -0.1) is 11.6 Å². The van der Waals surface area contributed by atoms with Gasteiger partial charge in [0.05, 0.1) is 18.2 Å². The third-order valence-corrected chi connectivity index (χ3v) is 6.20. The lowest BCUT2D eigenvalue weighted by molar-refractivity contribution is -0.137. The number of hydrogen-bond acceptors (Lipinski definition) is 3. The van der Waals surface area contributed by atoms with Crippen LogP contribution in [0.15, 0.2) is 71.9 Å². The maximum absolute atomic E-state index is 11.4. The molecule has 34 heavy (non-hydrogen) atoms. The maximum atomic E-state index is 11.4. The van der Waals surface area contributed by atoms with E-state index < -0.39 is 5.97 Å². The van der Waals surface area contributed by atoms with Gasteiger partial charge in [-0.1, -0.05) is 60.2 Å². The van der Waals surface area contributed by atoms with E-state index in [0.29, 0.717) is 16.6 Å². The molecule has 1 unspecified atom stereocenters.